The molecular weight excluding hydrogens is 334 g/mol. The maximum Gasteiger partial charge on any atom is 0.260 e. The van der Waals surface area contributed by atoms with Crippen LogP contribution in [0.1, 0.15) is 5.56 Å². The number of rotatable bonds is 5. The van der Waals surface area contributed by atoms with Crippen molar-refractivity contribution in [3.63, 3.8) is 0 Å². The van der Waals surface area contributed by atoms with Crippen molar-refractivity contribution in [3.8, 4) is 11.5 Å². The Balaban J connectivity index is 1.88. The molecule has 1 amide bonds. The van der Waals surface area contributed by atoms with Gasteiger partial charge in [0.2, 0.25) is 0 Å². The number of carbonyl (C=O) groups excluding carboxylic acids is 1. The molecule has 0 radical (unpaired) electrons. The molecule has 110 valence electrons. The maximum atomic E-state index is 12.0. The molecule has 4 nitrogen and oxygen atoms in total. The van der Waals surface area contributed by atoms with Crippen molar-refractivity contribution in [2.45, 2.75) is 6.54 Å². The Morgan fingerprint density at radius 2 is 1.86 bits per heavy atom. The number of amides is 1. The summed E-state index contributed by atoms with van der Waals surface area (Å²) >= 11 is 3.37. The van der Waals surface area contributed by atoms with Gasteiger partial charge in [0.1, 0.15) is 0 Å². The smallest absolute Gasteiger partial charge is 0.260 e. The number of nitrogens with zero attached hydrogens (tertiary/aromatic N) is 1. The van der Waals surface area contributed by atoms with Gasteiger partial charge in [-0.15, -0.1) is 0 Å². The molecule has 0 aromatic heterocycles. The summed E-state index contributed by atoms with van der Waals surface area (Å²) in [6, 6.07) is 14.4. The van der Waals surface area contributed by atoms with Gasteiger partial charge in [0.25, 0.3) is 5.91 Å². The zero-order valence-corrected chi connectivity index (χ0v) is 13.2. The second kappa shape index (κ2) is 7.13. The molecule has 0 aliphatic rings. The van der Waals surface area contributed by atoms with Gasteiger partial charge in [0.05, 0.1) is 0 Å². The van der Waals surface area contributed by atoms with Crippen LogP contribution in [-0.4, -0.2) is 29.6 Å². The highest BCUT2D eigenvalue weighted by Crippen LogP contribution is 2.24. The molecule has 2 aromatic rings. The standard InChI is InChI=1S/C16H16BrNO3/c1-18(10-12-6-8-13(17)9-7-12)16(20)11-21-15-5-3-2-4-14(15)19/h2-9,19H,10-11H2,1H3. The fourth-order valence-corrected chi connectivity index (χ4v) is 2.05. The Bertz CT molecular complexity index is 613. The molecule has 0 aliphatic carbocycles. The summed E-state index contributed by atoms with van der Waals surface area (Å²) in [5.74, 6) is 0.185. The van der Waals surface area contributed by atoms with Crippen LogP contribution in [0.2, 0.25) is 0 Å². The highest BCUT2D eigenvalue weighted by Gasteiger charge is 2.11. The SMILES string of the molecule is CN(Cc1ccc(Br)cc1)C(=O)COc1ccccc1O. The van der Waals surface area contributed by atoms with Gasteiger partial charge < -0.3 is 14.7 Å². The lowest BCUT2D eigenvalue weighted by Gasteiger charge is -2.18. The number of para-hydroxylation sites is 2. The van der Waals surface area contributed by atoms with Gasteiger partial charge in [-0.25, -0.2) is 0 Å². The van der Waals surface area contributed by atoms with Crippen LogP contribution >= 0.6 is 15.9 Å². The summed E-state index contributed by atoms with van der Waals surface area (Å²) < 4.78 is 6.33. The minimum atomic E-state index is -0.152. The van der Waals surface area contributed by atoms with Gasteiger partial charge in [-0.3, -0.25) is 4.79 Å². The molecule has 1 N–H and O–H groups in total. The van der Waals surface area contributed by atoms with E-state index in [2.05, 4.69) is 15.9 Å². The third-order valence-corrected chi connectivity index (χ3v) is 3.50. The van der Waals surface area contributed by atoms with Crippen LogP contribution < -0.4 is 4.74 Å². The van der Waals surface area contributed by atoms with E-state index in [4.69, 9.17) is 4.74 Å². The number of carbonyl (C=O) groups is 1. The van der Waals surface area contributed by atoms with Crippen LogP contribution in [0.4, 0.5) is 0 Å². The molecule has 0 bridgehead atoms. The van der Waals surface area contributed by atoms with E-state index in [1.54, 1.807) is 30.1 Å². The predicted molar refractivity (Wildman–Crippen MR) is 84.2 cm³/mol. The van der Waals surface area contributed by atoms with E-state index in [1.165, 1.54) is 6.07 Å². The van der Waals surface area contributed by atoms with Crippen molar-refractivity contribution in [2.75, 3.05) is 13.7 Å². The molecule has 0 atom stereocenters. The number of hydrogen-bond donors (Lipinski definition) is 1. The molecule has 2 aromatic carbocycles. The Morgan fingerprint density at radius 1 is 1.19 bits per heavy atom. The number of benzene rings is 2. The van der Waals surface area contributed by atoms with Gasteiger partial charge in [-0.05, 0) is 29.8 Å². The third kappa shape index (κ3) is 4.49. The Hall–Kier alpha value is -2.01. The zero-order chi connectivity index (χ0) is 15.2. The maximum absolute atomic E-state index is 12.0. The highest BCUT2D eigenvalue weighted by atomic mass is 79.9. The number of hydrogen-bond acceptors (Lipinski definition) is 3. The minimum absolute atomic E-state index is 0.0286. The highest BCUT2D eigenvalue weighted by molar-refractivity contribution is 9.10. The molecule has 0 heterocycles. The van der Waals surface area contributed by atoms with Crippen molar-refractivity contribution in [1.29, 1.82) is 0 Å². The average molecular weight is 350 g/mol. The number of phenols is 1. The van der Waals surface area contributed by atoms with Gasteiger partial charge in [-0.2, -0.15) is 0 Å². The normalized spacial score (nSPS) is 10.2. The monoisotopic (exact) mass is 349 g/mol. The van der Waals surface area contributed by atoms with E-state index in [0.717, 1.165) is 10.0 Å². The van der Waals surface area contributed by atoms with Crippen molar-refractivity contribution in [1.82, 2.24) is 4.90 Å². The van der Waals surface area contributed by atoms with E-state index in [0.29, 0.717) is 12.3 Å². The summed E-state index contributed by atoms with van der Waals surface area (Å²) in [5, 5.41) is 9.57. The Kier molecular flexibility index (Phi) is 5.22. The second-order valence-corrected chi connectivity index (χ2v) is 5.55. The van der Waals surface area contributed by atoms with Gasteiger partial charge in [0.15, 0.2) is 18.1 Å². The topological polar surface area (TPSA) is 49.8 Å². The second-order valence-electron chi connectivity index (χ2n) is 4.63. The first-order valence-corrected chi connectivity index (χ1v) is 7.25. The quantitative estimate of drug-likeness (QED) is 0.901. The molecule has 2 rings (SSSR count). The Morgan fingerprint density at radius 3 is 2.52 bits per heavy atom. The summed E-state index contributed by atoms with van der Waals surface area (Å²) in [5.41, 5.74) is 1.04. The first kappa shape index (κ1) is 15.4. The zero-order valence-electron chi connectivity index (χ0n) is 11.6. The van der Waals surface area contributed by atoms with Crippen molar-refractivity contribution in [2.24, 2.45) is 0 Å². The lowest BCUT2D eigenvalue weighted by molar-refractivity contribution is -0.132. The first-order valence-electron chi connectivity index (χ1n) is 6.45. The Labute approximate surface area is 132 Å². The average Bonchev–Trinajstić information content (AvgIpc) is 2.48. The molecule has 21 heavy (non-hydrogen) atoms. The summed E-state index contributed by atoms with van der Waals surface area (Å²) in [7, 11) is 1.72. The van der Waals surface area contributed by atoms with E-state index in [-0.39, 0.29) is 18.3 Å². The van der Waals surface area contributed by atoms with E-state index < -0.39 is 0 Å². The molecule has 0 saturated heterocycles. The number of halogens is 1. The fourth-order valence-electron chi connectivity index (χ4n) is 1.78. The number of ether oxygens (including phenoxy) is 1. The fraction of sp³-hybridized carbons (Fsp3) is 0.188. The van der Waals surface area contributed by atoms with Crippen molar-refractivity contribution >= 4 is 21.8 Å². The van der Waals surface area contributed by atoms with E-state index in [1.807, 2.05) is 24.3 Å². The van der Waals surface area contributed by atoms with Crippen molar-refractivity contribution in [3.05, 3.63) is 58.6 Å². The van der Waals surface area contributed by atoms with Crippen LogP contribution in [0.3, 0.4) is 0 Å². The van der Waals surface area contributed by atoms with E-state index in [9.17, 15) is 9.90 Å². The molecule has 5 heteroatoms. The number of aromatic hydroxyl groups is 1. The van der Waals surface area contributed by atoms with Gasteiger partial charge in [-0.1, -0.05) is 40.2 Å². The minimum Gasteiger partial charge on any atom is -0.504 e. The lowest BCUT2D eigenvalue weighted by atomic mass is 10.2. The third-order valence-electron chi connectivity index (χ3n) is 2.98. The van der Waals surface area contributed by atoms with Crippen LogP contribution in [0.15, 0.2) is 53.0 Å². The van der Waals surface area contributed by atoms with Crippen LogP contribution in [-0.2, 0) is 11.3 Å². The summed E-state index contributed by atoms with van der Waals surface area (Å²) in [4.78, 5) is 13.6. The van der Waals surface area contributed by atoms with Crippen LogP contribution in [0.25, 0.3) is 0 Å². The van der Waals surface area contributed by atoms with E-state index >= 15 is 0 Å². The lowest BCUT2D eigenvalue weighted by Crippen LogP contribution is -2.30. The first-order chi connectivity index (χ1) is 10.1. The molecule has 0 spiro atoms. The van der Waals surface area contributed by atoms with Crippen molar-refractivity contribution < 1.29 is 14.6 Å². The van der Waals surface area contributed by atoms with Crippen LogP contribution in [0.5, 0.6) is 11.5 Å². The largest absolute Gasteiger partial charge is 0.504 e. The van der Waals surface area contributed by atoms with Crippen LogP contribution in [0, 0.1) is 0 Å². The number of likely N-dealkylation sites (N-methyl/N-ethyl adjacent to an activating group) is 1. The molecule has 0 fully saturated rings. The molecular formula is C16H16BrNO3. The number of phenolic OH excluding ortho intramolecular Hbond substituents is 1. The molecule has 0 aliphatic heterocycles. The summed E-state index contributed by atoms with van der Waals surface area (Å²) in [6.07, 6.45) is 0. The summed E-state index contributed by atoms with van der Waals surface area (Å²) in [6.45, 7) is 0.404. The molecule has 0 unspecified atom stereocenters. The van der Waals surface area contributed by atoms with Gasteiger partial charge >= 0.3 is 0 Å². The van der Waals surface area contributed by atoms with Gasteiger partial charge in [0, 0.05) is 18.1 Å². The molecule has 0 saturated carbocycles. The predicted octanol–water partition coefficient (Wildman–Crippen LogP) is 3.19.